The minimum atomic E-state index is -1.37. The fourth-order valence-corrected chi connectivity index (χ4v) is 5.29. The summed E-state index contributed by atoms with van der Waals surface area (Å²) in [6.45, 7) is 1.06. The van der Waals surface area contributed by atoms with Gasteiger partial charge in [-0.3, -0.25) is 4.79 Å². The Morgan fingerprint density at radius 1 is 0.750 bits per heavy atom. The van der Waals surface area contributed by atoms with Gasteiger partial charge in [-0.1, -0.05) is 68.4 Å². The molecule has 2 fully saturated rings. The SMILES string of the molecule is CCCCC/C=C\C/C=C\C/C=C\C/C=C\CCCC(=O)OC(CO[C@@H]1O[C@H](CO)C[C@H](O)[C@H]1O)CO[C@@H]1O[C@H](CO)C[C@H](O)[C@H]1OC. The second kappa shape index (κ2) is 25.9. The average Bonchev–Trinajstić information content (AvgIpc) is 3.08. The molecule has 5 N–H and O–H groups in total. The maximum Gasteiger partial charge on any atom is 0.306 e. The van der Waals surface area contributed by atoms with E-state index in [1.165, 1.54) is 26.4 Å². The van der Waals surface area contributed by atoms with Gasteiger partial charge in [-0.15, -0.1) is 0 Å². The van der Waals surface area contributed by atoms with Crippen LogP contribution >= 0.6 is 0 Å². The average molecular weight is 685 g/mol. The third-order valence-corrected chi connectivity index (χ3v) is 8.06. The first-order valence-electron chi connectivity index (χ1n) is 17.4. The molecule has 0 amide bonds. The minimum absolute atomic E-state index is 0.0459. The topological polar surface area (TPSA) is 174 Å². The minimum Gasteiger partial charge on any atom is -0.457 e. The maximum absolute atomic E-state index is 12.7. The summed E-state index contributed by atoms with van der Waals surface area (Å²) in [5.74, 6) is -0.484. The number of rotatable bonds is 24. The van der Waals surface area contributed by atoms with Crippen molar-refractivity contribution < 1.29 is 58.7 Å². The van der Waals surface area contributed by atoms with E-state index in [-0.39, 0.29) is 45.7 Å². The number of esters is 1. The Labute approximate surface area is 286 Å². The van der Waals surface area contributed by atoms with Crippen molar-refractivity contribution >= 4 is 5.97 Å². The van der Waals surface area contributed by atoms with E-state index in [9.17, 15) is 30.3 Å². The molecule has 2 rings (SSSR count). The molecule has 0 bridgehead atoms. The molecule has 2 aliphatic heterocycles. The Morgan fingerprint density at radius 3 is 1.83 bits per heavy atom. The Kier molecular flexibility index (Phi) is 22.8. The zero-order chi connectivity index (χ0) is 35.0. The number of aliphatic hydroxyl groups excluding tert-OH is 5. The number of hydrogen-bond acceptors (Lipinski definition) is 12. The first-order chi connectivity index (χ1) is 23.3. The van der Waals surface area contributed by atoms with Crippen LogP contribution in [0.5, 0.6) is 0 Å². The predicted octanol–water partition coefficient (Wildman–Crippen LogP) is 3.39. The molecule has 2 aliphatic rings. The number of ether oxygens (including phenoxy) is 6. The van der Waals surface area contributed by atoms with E-state index in [0.29, 0.717) is 12.8 Å². The smallest absolute Gasteiger partial charge is 0.306 e. The van der Waals surface area contributed by atoms with Gasteiger partial charge >= 0.3 is 5.97 Å². The van der Waals surface area contributed by atoms with Crippen molar-refractivity contribution in [2.24, 2.45) is 0 Å². The van der Waals surface area contributed by atoms with Crippen LogP contribution in [0.2, 0.25) is 0 Å². The molecule has 276 valence electrons. The first-order valence-corrected chi connectivity index (χ1v) is 17.4. The van der Waals surface area contributed by atoms with Crippen LogP contribution in [0.3, 0.4) is 0 Å². The number of unbranched alkanes of at least 4 members (excludes halogenated alkanes) is 4. The molecule has 1 unspecified atom stereocenters. The van der Waals surface area contributed by atoms with Gasteiger partial charge in [0, 0.05) is 26.4 Å². The molecule has 0 saturated carbocycles. The lowest BCUT2D eigenvalue weighted by molar-refractivity contribution is -0.292. The zero-order valence-electron chi connectivity index (χ0n) is 28.7. The quantitative estimate of drug-likeness (QED) is 0.0571. The van der Waals surface area contributed by atoms with Crippen molar-refractivity contribution in [2.75, 3.05) is 33.5 Å². The molecule has 0 aromatic carbocycles. The second-order valence-corrected chi connectivity index (χ2v) is 12.2. The van der Waals surface area contributed by atoms with Crippen molar-refractivity contribution in [2.45, 2.75) is 139 Å². The molecule has 9 atom stereocenters. The van der Waals surface area contributed by atoms with E-state index in [0.717, 1.165) is 25.7 Å². The van der Waals surface area contributed by atoms with Crippen LogP contribution in [0, 0.1) is 0 Å². The molecule has 12 heteroatoms. The lowest BCUT2D eigenvalue weighted by Crippen LogP contribution is -2.52. The zero-order valence-corrected chi connectivity index (χ0v) is 28.7. The third-order valence-electron chi connectivity index (χ3n) is 8.06. The van der Waals surface area contributed by atoms with E-state index < -0.39 is 61.3 Å². The summed E-state index contributed by atoms with van der Waals surface area (Å²) in [6, 6.07) is 0. The number of carbonyl (C=O) groups excluding carboxylic acids is 1. The summed E-state index contributed by atoms with van der Waals surface area (Å²) < 4.78 is 33.7. The number of aliphatic hydroxyl groups is 5. The molecular formula is C36H60O12. The number of hydrogen-bond donors (Lipinski definition) is 5. The Balaban J connectivity index is 1.79. The van der Waals surface area contributed by atoms with Crippen molar-refractivity contribution in [3.63, 3.8) is 0 Å². The van der Waals surface area contributed by atoms with Gasteiger partial charge in [0.1, 0.15) is 18.3 Å². The van der Waals surface area contributed by atoms with Crippen LogP contribution in [-0.4, -0.2) is 120 Å². The first kappa shape index (κ1) is 42.2. The lowest BCUT2D eigenvalue weighted by Gasteiger charge is -2.39. The highest BCUT2D eigenvalue weighted by Gasteiger charge is 2.40. The summed E-state index contributed by atoms with van der Waals surface area (Å²) in [7, 11) is 1.40. The summed E-state index contributed by atoms with van der Waals surface area (Å²) in [5.41, 5.74) is 0. The van der Waals surface area contributed by atoms with Gasteiger partial charge in [-0.2, -0.15) is 0 Å². The Bertz CT molecular complexity index is 953. The van der Waals surface area contributed by atoms with Gasteiger partial charge in [-0.25, -0.2) is 0 Å². The molecule has 48 heavy (non-hydrogen) atoms. The van der Waals surface area contributed by atoms with Crippen molar-refractivity contribution in [3.05, 3.63) is 48.6 Å². The largest absolute Gasteiger partial charge is 0.457 e. The van der Waals surface area contributed by atoms with Crippen LogP contribution in [0.4, 0.5) is 0 Å². The highest BCUT2D eigenvalue weighted by molar-refractivity contribution is 5.69. The Hall–Kier alpha value is -1.97. The summed E-state index contributed by atoms with van der Waals surface area (Å²) >= 11 is 0. The molecule has 2 saturated heterocycles. The van der Waals surface area contributed by atoms with Gasteiger partial charge < -0.3 is 54.0 Å². The summed E-state index contributed by atoms with van der Waals surface area (Å²) in [6.07, 6.45) is 17.4. The van der Waals surface area contributed by atoms with Crippen LogP contribution in [0.25, 0.3) is 0 Å². The standard InChI is InChI=1S/C36H60O12/c1-3-4-5-6-7-8-9-10-11-12-13-14-15-16-17-18-19-20-32(41)46-29(25-44-35-33(42)30(39)21-27(23-37)47-35)26-45-36-34(43-2)31(40)22-28(24-38)48-36/h7-8,10-11,13-14,16-17,27-31,33-40,42H,3-6,9,12,15,18-26H2,1-2H3/b8-7-,11-10-,14-13-,17-16-/t27-,28-,29?,30-,31-,33+,34+,35+,36+/m0/s1. The molecule has 0 spiro atoms. The van der Waals surface area contributed by atoms with Crippen molar-refractivity contribution in [1.29, 1.82) is 0 Å². The fraction of sp³-hybridized carbons (Fsp3) is 0.750. The maximum atomic E-state index is 12.7. The highest BCUT2D eigenvalue weighted by atomic mass is 16.7. The normalized spacial score (nSPS) is 29.1. The van der Waals surface area contributed by atoms with Crippen molar-refractivity contribution in [3.8, 4) is 0 Å². The second-order valence-electron chi connectivity index (χ2n) is 12.2. The summed E-state index contributed by atoms with van der Waals surface area (Å²) in [5, 5.41) is 49.8. The van der Waals surface area contributed by atoms with Gasteiger partial charge in [-0.05, 0) is 44.9 Å². The third kappa shape index (κ3) is 17.1. The molecule has 0 aromatic rings. The predicted molar refractivity (Wildman–Crippen MR) is 180 cm³/mol. The van der Waals surface area contributed by atoms with Crippen LogP contribution < -0.4 is 0 Å². The van der Waals surface area contributed by atoms with E-state index in [4.69, 9.17) is 28.4 Å². The summed E-state index contributed by atoms with van der Waals surface area (Å²) in [4.78, 5) is 12.7. The molecule has 0 radical (unpaired) electrons. The Morgan fingerprint density at radius 2 is 1.27 bits per heavy atom. The van der Waals surface area contributed by atoms with Crippen LogP contribution in [0.15, 0.2) is 48.6 Å². The van der Waals surface area contributed by atoms with E-state index in [1.807, 2.05) is 6.08 Å². The lowest BCUT2D eigenvalue weighted by atomic mass is 10.0. The van der Waals surface area contributed by atoms with E-state index in [1.54, 1.807) is 0 Å². The van der Waals surface area contributed by atoms with Gasteiger partial charge in [0.05, 0.1) is 50.8 Å². The molecule has 12 nitrogen and oxygen atoms in total. The van der Waals surface area contributed by atoms with Crippen LogP contribution in [0.1, 0.15) is 84.0 Å². The van der Waals surface area contributed by atoms with Gasteiger partial charge in [0.15, 0.2) is 12.6 Å². The van der Waals surface area contributed by atoms with Gasteiger partial charge in [0.2, 0.25) is 0 Å². The molecular weight excluding hydrogens is 624 g/mol. The van der Waals surface area contributed by atoms with E-state index in [2.05, 4.69) is 49.5 Å². The number of methoxy groups -OCH3 is 1. The van der Waals surface area contributed by atoms with Gasteiger partial charge in [0.25, 0.3) is 0 Å². The molecule has 0 aromatic heterocycles. The highest BCUT2D eigenvalue weighted by Crippen LogP contribution is 2.25. The van der Waals surface area contributed by atoms with Crippen molar-refractivity contribution in [1.82, 2.24) is 0 Å². The van der Waals surface area contributed by atoms with E-state index >= 15 is 0 Å². The number of allylic oxidation sites excluding steroid dienone is 8. The van der Waals surface area contributed by atoms with Crippen LogP contribution in [-0.2, 0) is 33.2 Å². The molecule has 2 heterocycles. The molecule has 0 aliphatic carbocycles. The fourth-order valence-electron chi connectivity index (χ4n) is 5.29. The number of carbonyl (C=O) groups is 1. The monoisotopic (exact) mass is 684 g/mol.